The molecule has 0 saturated heterocycles. The Labute approximate surface area is 149 Å². The lowest BCUT2D eigenvalue weighted by molar-refractivity contribution is -0.118. The molecule has 122 valence electrons. The summed E-state index contributed by atoms with van der Waals surface area (Å²) in [6, 6.07) is 18.2. The highest BCUT2D eigenvalue weighted by Crippen LogP contribution is 2.15. The number of carbonyl (C=O) groups excluding carboxylic acids is 1. The Morgan fingerprint density at radius 1 is 1.04 bits per heavy atom. The number of thioether (sulfide) groups is 1. The maximum atomic E-state index is 11.7. The van der Waals surface area contributed by atoms with Gasteiger partial charge in [-0.1, -0.05) is 58.4 Å². The average molecular weight is 394 g/mol. The van der Waals surface area contributed by atoms with E-state index in [0.717, 1.165) is 15.8 Å². The van der Waals surface area contributed by atoms with Crippen LogP contribution >= 0.6 is 27.7 Å². The predicted octanol–water partition coefficient (Wildman–Crippen LogP) is 4.02. The Bertz CT molecular complexity index is 590. The molecule has 2 rings (SSSR count). The van der Waals surface area contributed by atoms with Gasteiger partial charge in [-0.15, -0.1) is 11.8 Å². The Balaban J connectivity index is 1.51. The van der Waals surface area contributed by atoms with Gasteiger partial charge >= 0.3 is 0 Å². The molecule has 2 aromatic carbocycles. The molecule has 0 aromatic heterocycles. The second-order valence-corrected chi connectivity index (χ2v) is 6.91. The third-order valence-corrected chi connectivity index (χ3v) is 4.63. The van der Waals surface area contributed by atoms with E-state index in [9.17, 15) is 4.79 Å². The molecule has 0 radical (unpaired) electrons. The van der Waals surface area contributed by atoms with Gasteiger partial charge in [-0.3, -0.25) is 4.79 Å². The molecule has 0 aliphatic carbocycles. The van der Waals surface area contributed by atoms with Crippen molar-refractivity contribution in [1.29, 1.82) is 0 Å². The van der Waals surface area contributed by atoms with Gasteiger partial charge in [0, 0.05) is 16.8 Å². The number of ether oxygens (including phenoxy) is 1. The number of benzene rings is 2. The third-order valence-electron chi connectivity index (χ3n) is 3.10. The summed E-state index contributed by atoms with van der Waals surface area (Å²) < 4.78 is 6.60. The Morgan fingerprint density at radius 3 is 2.52 bits per heavy atom. The van der Waals surface area contributed by atoms with Crippen LogP contribution in [-0.4, -0.2) is 24.8 Å². The summed E-state index contributed by atoms with van der Waals surface area (Å²) in [5.74, 6) is 1.36. The number of nitrogens with one attached hydrogen (secondary N) is 1. The van der Waals surface area contributed by atoms with Gasteiger partial charge < -0.3 is 10.1 Å². The van der Waals surface area contributed by atoms with E-state index >= 15 is 0 Å². The molecule has 0 atom stereocenters. The number of carbonyl (C=O) groups is 1. The van der Waals surface area contributed by atoms with Crippen LogP contribution in [0.15, 0.2) is 59.1 Å². The van der Waals surface area contributed by atoms with Gasteiger partial charge in [-0.25, -0.2) is 0 Å². The summed E-state index contributed by atoms with van der Waals surface area (Å²) in [4.78, 5) is 11.7. The Kier molecular flexibility index (Phi) is 8.21. The largest absolute Gasteiger partial charge is 0.375 e. The number of hydrogen-bond acceptors (Lipinski definition) is 3. The van der Waals surface area contributed by atoms with Crippen LogP contribution in [0.25, 0.3) is 0 Å². The van der Waals surface area contributed by atoms with Crippen molar-refractivity contribution in [2.45, 2.75) is 12.4 Å². The first-order chi connectivity index (χ1) is 11.2. The van der Waals surface area contributed by atoms with E-state index in [2.05, 4.69) is 33.4 Å². The molecule has 23 heavy (non-hydrogen) atoms. The van der Waals surface area contributed by atoms with E-state index in [1.165, 1.54) is 5.56 Å². The van der Waals surface area contributed by atoms with Crippen LogP contribution in [0, 0.1) is 0 Å². The minimum atomic E-state index is 0.0513. The zero-order valence-corrected chi connectivity index (χ0v) is 15.2. The highest BCUT2D eigenvalue weighted by molar-refractivity contribution is 9.10. The SMILES string of the molecule is O=C(CSCc1ccc(Br)cc1)NCCOCc1ccccc1. The lowest BCUT2D eigenvalue weighted by Crippen LogP contribution is -2.28. The molecule has 0 bridgehead atoms. The van der Waals surface area contributed by atoms with Crippen molar-refractivity contribution in [2.24, 2.45) is 0 Å². The Morgan fingerprint density at radius 2 is 1.78 bits per heavy atom. The van der Waals surface area contributed by atoms with Crippen molar-refractivity contribution in [3.8, 4) is 0 Å². The van der Waals surface area contributed by atoms with Crippen molar-refractivity contribution < 1.29 is 9.53 Å². The predicted molar refractivity (Wildman–Crippen MR) is 99.4 cm³/mol. The number of halogens is 1. The summed E-state index contributed by atoms with van der Waals surface area (Å²) in [6.45, 7) is 1.65. The maximum absolute atomic E-state index is 11.7. The van der Waals surface area contributed by atoms with Gasteiger partial charge in [-0.2, -0.15) is 0 Å². The molecule has 1 N–H and O–H groups in total. The summed E-state index contributed by atoms with van der Waals surface area (Å²) in [6.07, 6.45) is 0. The fourth-order valence-electron chi connectivity index (χ4n) is 1.92. The highest BCUT2D eigenvalue weighted by Gasteiger charge is 2.02. The van der Waals surface area contributed by atoms with Crippen molar-refractivity contribution >= 4 is 33.6 Å². The van der Waals surface area contributed by atoms with Crippen LogP contribution < -0.4 is 5.32 Å². The van der Waals surface area contributed by atoms with E-state index in [-0.39, 0.29) is 5.91 Å². The Hall–Kier alpha value is -1.30. The molecular weight excluding hydrogens is 374 g/mol. The van der Waals surface area contributed by atoms with E-state index < -0.39 is 0 Å². The topological polar surface area (TPSA) is 38.3 Å². The van der Waals surface area contributed by atoms with Crippen LogP contribution in [0.5, 0.6) is 0 Å². The van der Waals surface area contributed by atoms with Gasteiger partial charge in [0.2, 0.25) is 5.91 Å². The lowest BCUT2D eigenvalue weighted by atomic mass is 10.2. The monoisotopic (exact) mass is 393 g/mol. The fraction of sp³-hybridized carbons (Fsp3) is 0.278. The molecule has 1 amide bonds. The van der Waals surface area contributed by atoms with Crippen LogP contribution in [0.1, 0.15) is 11.1 Å². The minimum absolute atomic E-state index is 0.0513. The fourth-order valence-corrected chi connectivity index (χ4v) is 3.00. The summed E-state index contributed by atoms with van der Waals surface area (Å²) in [5, 5.41) is 2.87. The normalized spacial score (nSPS) is 10.5. The molecule has 0 saturated carbocycles. The lowest BCUT2D eigenvalue weighted by Gasteiger charge is -2.07. The summed E-state index contributed by atoms with van der Waals surface area (Å²) in [7, 11) is 0. The second-order valence-electron chi connectivity index (χ2n) is 5.01. The van der Waals surface area contributed by atoms with Crippen molar-refractivity contribution in [2.75, 3.05) is 18.9 Å². The molecule has 0 heterocycles. The van der Waals surface area contributed by atoms with Gasteiger partial charge in [0.05, 0.1) is 19.0 Å². The van der Waals surface area contributed by atoms with E-state index in [1.807, 2.05) is 42.5 Å². The first-order valence-corrected chi connectivity index (χ1v) is 9.39. The molecular formula is C18H20BrNO2S. The minimum Gasteiger partial charge on any atom is -0.375 e. The standard InChI is InChI=1S/C18H20BrNO2S/c19-17-8-6-16(7-9-17)13-23-14-18(21)20-10-11-22-12-15-4-2-1-3-5-15/h1-9H,10-14H2,(H,20,21). The van der Waals surface area contributed by atoms with Crippen LogP contribution in [0.3, 0.4) is 0 Å². The molecule has 5 heteroatoms. The van der Waals surface area contributed by atoms with Gasteiger partial charge in [0.25, 0.3) is 0 Å². The average Bonchev–Trinajstić information content (AvgIpc) is 2.57. The number of rotatable bonds is 9. The van der Waals surface area contributed by atoms with Gasteiger partial charge in [0.1, 0.15) is 0 Å². The van der Waals surface area contributed by atoms with E-state index in [0.29, 0.717) is 25.5 Å². The maximum Gasteiger partial charge on any atom is 0.230 e. The van der Waals surface area contributed by atoms with Crippen LogP contribution in [-0.2, 0) is 21.9 Å². The zero-order valence-electron chi connectivity index (χ0n) is 12.8. The smallest absolute Gasteiger partial charge is 0.230 e. The third kappa shape index (κ3) is 7.68. The second kappa shape index (κ2) is 10.5. The number of amides is 1. The summed E-state index contributed by atoms with van der Waals surface area (Å²) in [5.41, 5.74) is 2.36. The molecule has 2 aromatic rings. The molecule has 0 aliphatic heterocycles. The van der Waals surface area contributed by atoms with Crippen LogP contribution in [0.2, 0.25) is 0 Å². The van der Waals surface area contributed by atoms with Crippen LogP contribution in [0.4, 0.5) is 0 Å². The van der Waals surface area contributed by atoms with E-state index in [4.69, 9.17) is 4.74 Å². The van der Waals surface area contributed by atoms with Gasteiger partial charge in [0.15, 0.2) is 0 Å². The first kappa shape index (κ1) is 18.0. The van der Waals surface area contributed by atoms with Crippen molar-refractivity contribution in [3.63, 3.8) is 0 Å². The molecule has 0 unspecified atom stereocenters. The van der Waals surface area contributed by atoms with E-state index in [1.54, 1.807) is 11.8 Å². The molecule has 3 nitrogen and oxygen atoms in total. The molecule has 0 aliphatic rings. The highest BCUT2D eigenvalue weighted by atomic mass is 79.9. The van der Waals surface area contributed by atoms with Crippen molar-refractivity contribution in [1.82, 2.24) is 5.32 Å². The van der Waals surface area contributed by atoms with Crippen molar-refractivity contribution in [3.05, 3.63) is 70.2 Å². The molecule has 0 fully saturated rings. The first-order valence-electron chi connectivity index (χ1n) is 7.44. The number of hydrogen-bond donors (Lipinski definition) is 1. The zero-order chi connectivity index (χ0) is 16.3. The molecule has 0 spiro atoms. The quantitative estimate of drug-likeness (QED) is 0.653. The van der Waals surface area contributed by atoms with Gasteiger partial charge in [-0.05, 0) is 23.3 Å². The summed E-state index contributed by atoms with van der Waals surface area (Å²) >= 11 is 5.02.